The van der Waals surface area contributed by atoms with Crippen molar-refractivity contribution in [3.8, 4) is 0 Å². The van der Waals surface area contributed by atoms with Crippen LogP contribution in [-0.2, 0) is 0 Å². The Balaban J connectivity index is 1.91. The zero-order valence-corrected chi connectivity index (χ0v) is 16.5. The van der Waals surface area contributed by atoms with Gasteiger partial charge in [0.05, 0.1) is 0 Å². The fraction of sp³-hybridized carbons (Fsp3) is 0.409. The van der Waals surface area contributed by atoms with E-state index in [0.717, 1.165) is 25.2 Å². The van der Waals surface area contributed by atoms with Crippen molar-refractivity contribution >= 4 is 28.4 Å². The lowest BCUT2D eigenvalue weighted by Crippen LogP contribution is -2.37. The molecule has 136 valence electrons. The Hall–Kier alpha value is -1.94. The molecule has 4 rings (SSSR count). The van der Waals surface area contributed by atoms with Crippen molar-refractivity contribution in [3.63, 3.8) is 0 Å². The van der Waals surface area contributed by atoms with E-state index in [9.17, 15) is 4.79 Å². The zero-order valence-electron chi connectivity index (χ0n) is 15.7. The number of carbonyl (C=O) groups is 1. The average molecular weight is 367 g/mol. The second-order valence-electron chi connectivity index (χ2n) is 7.45. The van der Waals surface area contributed by atoms with Gasteiger partial charge < -0.3 is 10.2 Å². The predicted octanol–water partition coefficient (Wildman–Crippen LogP) is 5.74. The van der Waals surface area contributed by atoms with E-state index >= 15 is 0 Å². The number of nitrogens with zero attached hydrogens (tertiary/aromatic N) is 1. The molecule has 2 heterocycles. The van der Waals surface area contributed by atoms with Crippen LogP contribution >= 0.6 is 11.8 Å². The Labute approximate surface area is 160 Å². The quantitative estimate of drug-likeness (QED) is 0.735. The lowest BCUT2D eigenvalue weighted by molar-refractivity contribution is 0.270. The van der Waals surface area contributed by atoms with Crippen LogP contribution < -0.4 is 10.2 Å². The van der Waals surface area contributed by atoms with Crippen LogP contribution in [0.1, 0.15) is 53.9 Å². The number of hydrogen-bond acceptors (Lipinski definition) is 3. The minimum atomic E-state index is 0.00707. The first-order valence-electron chi connectivity index (χ1n) is 9.42. The van der Waals surface area contributed by atoms with Crippen LogP contribution in [0.5, 0.6) is 0 Å². The predicted molar refractivity (Wildman–Crippen MR) is 112 cm³/mol. The summed E-state index contributed by atoms with van der Waals surface area (Å²) in [6.07, 6.45) is 4.14. The molecule has 1 N–H and O–H groups in total. The highest BCUT2D eigenvalue weighted by Crippen LogP contribution is 2.49. The van der Waals surface area contributed by atoms with Crippen molar-refractivity contribution in [2.45, 2.75) is 38.5 Å². The van der Waals surface area contributed by atoms with E-state index < -0.39 is 0 Å². The van der Waals surface area contributed by atoms with Crippen molar-refractivity contribution < 1.29 is 4.79 Å². The Bertz CT molecular complexity index is 834. The van der Waals surface area contributed by atoms with Gasteiger partial charge in [0.2, 0.25) is 0 Å². The van der Waals surface area contributed by atoms with Gasteiger partial charge in [0.15, 0.2) is 0 Å². The summed E-state index contributed by atoms with van der Waals surface area (Å²) in [6, 6.07) is 13.1. The highest BCUT2D eigenvalue weighted by Gasteiger charge is 2.35. The molecule has 0 aromatic heterocycles. The lowest BCUT2D eigenvalue weighted by atomic mass is 9.76. The molecule has 0 radical (unpaired) electrons. The molecule has 0 saturated carbocycles. The van der Waals surface area contributed by atoms with E-state index in [-0.39, 0.29) is 5.24 Å². The molecule has 2 aromatic rings. The van der Waals surface area contributed by atoms with Crippen molar-refractivity contribution in [1.82, 2.24) is 0 Å². The van der Waals surface area contributed by atoms with E-state index in [2.05, 4.69) is 60.5 Å². The van der Waals surface area contributed by atoms with Crippen molar-refractivity contribution in [2.75, 3.05) is 29.6 Å². The van der Waals surface area contributed by atoms with Crippen LogP contribution in [0.4, 0.5) is 16.2 Å². The van der Waals surface area contributed by atoms with Crippen LogP contribution in [0.25, 0.3) is 0 Å². The molecule has 0 unspecified atom stereocenters. The topological polar surface area (TPSA) is 32.3 Å². The zero-order chi connectivity index (χ0) is 18.3. The summed E-state index contributed by atoms with van der Waals surface area (Å²) < 4.78 is 0. The van der Waals surface area contributed by atoms with Crippen LogP contribution in [0.3, 0.4) is 0 Å². The van der Waals surface area contributed by atoms with Crippen LogP contribution in [-0.4, -0.2) is 24.6 Å². The number of thioether (sulfide) groups is 1. The van der Waals surface area contributed by atoms with Crippen LogP contribution in [0, 0.1) is 6.92 Å². The third kappa shape index (κ3) is 2.90. The van der Waals surface area contributed by atoms with Gasteiger partial charge in [-0.1, -0.05) is 49.0 Å². The molecule has 0 aliphatic carbocycles. The third-order valence-corrected chi connectivity index (χ3v) is 6.45. The number of nitrogens with one attached hydrogen (secondary N) is 1. The first-order chi connectivity index (χ1) is 12.6. The molecule has 2 aromatic carbocycles. The first kappa shape index (κ1) is 17.5. The van der Waals surface area contributed by atoms with Gasteiger partial charge in [-0.2, -0.15) is 0 Å². The summed E-state index contributed by atoms with van der Waals surface area (Å²) >= 11 is 1.23. The van der Waals surface area contributed by atoms with Crippen molar-refractivity contribution in [2.24, 2.45) is 0 Å². The summed E-state index contributed by atoms with van der Waals surface area (Å²) in [7, 11) is 0. The molecule has 0 spiro atoms. The average Bonchev–Trinajstić information content (AvgIpc) is 2.67. The highest BCUT2D eigenvalue weighted by molar-refractivity contribution is 8.13. The molecule has 3 nitrogen and oxygen atoms in total. The van der Waals surface area contributed by atoms with Gasteiger partial charge in [-0.3, -0.25) is 4.79 Å². The normalized spacial score (nSPS) is 21.3. The lowest BCUT2D eigenvalue weighted by Gasteiger charge is -2.43. The first-order valence-corrected chi connectivity index (χ1v) is 10.6. The summed E-state index contributed by atoms with van der Waals surface area (Å²) in [5.74, 6) is 0.928. The number of amides is 1. The second-order valence-corrected chi connectivity index (χ2v) is 8.22. The Morgan fingerprint density at radius 2 is 1.92 bits per heavy atom. The number of carbonyl (C=O) groups excluding carboxylic acids is 1. The van der Waals surface area contributed by atoms with Gasteiger partial charge in [0.1, 0.15) is 0 Å². The molecular weight excluding hydrogens is 340 g/mol. The van der Waals surface area contributed by atoms with E-state index in [1.54, 1.807) is 0 Å². The maximum atomic E-state index is 12.1. The highest BCUT2D eigenvalue weighted by atomic mass is 32.2. The van der Waals surface area contributed by atoms with E-state index in [1.807, 2.05) is 6.26 Å². The SMILES string of the molecule is CSC(=O)Nc1cc2c3c(c1C)[C@H](c1ccccc1)CCN3CC[C@H]2C. The molecule has 4 heteroatoms. The van der Waals surface area contributed by atoms with Gasteiger partial charge in [-0.15, -0.1) is 0 Å². The molecule has 2 aliphatic heterocycles. The number of benzene rings is 2. The van der Waals surface area contributed by atoms with E-state index in [1.165, 1.54) is 46.1 Å². The summed E-state index contributed by atoms with van der Waals surface area (Å²) in [4.78, 5) is 14.6. The van der Waals surface area contributed by atoms with Crippen molar-refractivity contribution in [3.05, 3.63) is 58.7 Å². The van der Waals surface area contributed by atoms with Gasteiger partial charge in [-0.25, -0.2) is 0 Å². The standard InChI is InChI=1S/C22H26N2OS/c1-14-9-11-24-12-10-17(16-7-5-4-6-8-16)20-15(2)19(23-22(25)26-3)13-18(14)21(20)24/h4-8,13-14,17H,9-12H2,1-3H3,(H,23,25)/t14-,17+/m1/s1. The summed E-state index contributed by atoms with van der Waals surface area (Å²) in [6.45, 7) is 6.74. The third-order valence-electron chi connectivity index (χ3n) is 5.98. The monoisotopic (exact) mass is 366 g/mol. The molecule has 0 fully saturated rings. The van der Waals surface area contributed by atoms with Crippen LogP contribution in [0.15, 0.2) is 36.4 Å². The molecule has 2 atom stereocenters. The smallest absolute Gasteiger partial charge is 0.283 e. The number of anilines is 2. The Morgan fingerprint density at radius 1 is 1.19 bits per heavy atom. The molecule has 2 aliphatic rings. The summed E-state index contributed by atoms with van der Waals surface area (Å²) in [5.41, 5.74) is 7.83. The number of rotatable bonds is 2. The van der Waals surface area contributed by atoms with E-state index in [4.69, 9.17) is 0 Å². The molecule has 0 saturated heterocycles. The van der Waals surface area contributed by atoms with Crippen LogP contribution in [0.2, 0.25) is 0 Å². The van der Waals surface area contributed by atoms with Gasteiger partial charge in [0.25, 0.3) is 5.24 Å². The Kier molecular flexibility index (Phi) is 4.70. The maximum Gasteiger partial charge on any atom is 0.283 e. The fourth-order valence-electron chi connectivity index (χ4n) is 4.54. The molecule has 26 heavy (non-hydrogen) atoms. The van der Waals surface area contributed by atoms with Crippen molar-refractivity contribution in [1.29, 1.82) is 0 Å². The minimum Gasteiger partial charge on any atom is -0.371 e. The molecular formula is C22H26N2OS. The fourth-order valence-corrected chi connectivity index (χ4v) is 4.76. The molecule has 1 amide bonds. The van der Waals surface area contributed by atoms with E-state index in [0.29, 0.717) is 11.8 Å². The molecule has 0 bridgehead atoms. The largest absolute Gasteiger partial charge is 0.371 e. The minimum absolute atomic E-state index is 0.00707. The van der Waals surface area contributed by atoms with Gasteiger partial charge in [-0.05, 0) is 60.3 Å². The second kappa shape index (κ2) is 6.99. The maximum absolute atomic E-state index is 12.1. The van der Waals surface area contributed by atoms with Gasteiger partial charge in [0, 0.05) is 30.4 Å². The van der Waals surface area contributed by atoms with Gasteiger partial charge >= 0.3 is 0 Å². The number of hydrogen-bond donors (Lipinski definition) is 1. The Morgan fingerprint density at radius 3 is 2.65 bits per heavy atom. The summed E-state index contributed by atoms with van der Waals surface area (Å²) in [5, 5.41) is 3.13.